The summed E-state index contributed by atoms with van der Waals surface area (Å²) in [5.74, 6) is 0.862. The summed E-state index contributed by atoms with van der Waals surface area (Å²) in [6, 6.07) is -0.819. The number of nitrogens with zero attached hydrogens (tertiary/aromatic N) is 1. The molecule has 4 bridgehead atoms. The molecule has 1 saturated heterocycles. The molecule has 5 rings (SSSR count). The first-order valence-corrected chi connectivity index (χ1v) is 10.9. The number of carbonyl (C=O) groups excluding carboxylic acids is 3. The van der Waals surface area contributed by atoms with Gasteiger partial charge in [-0.3, -0.25) is 9.59 Å². The third-order valence-electron chi connectivity index (χ3n) is 7.39. The summed E-state index contributed by atoms with van der Waals surface area (Å²) in [5.41, 5.74) is -0.371. The summed E-state index contributed by atoms with van der Waals surface area (Å²) in [6.07, 6.45) is 6.44. The van der Waals surface area contributed by atoms with Crippen LogP contribution in [0.25, 0.3) is 0 Å². The van der Waals surface area contributed by atoms with Crippen molar-refractivity contribution in [2.24, 2.45) is 23.2 Å². The topological polar surface area (TPSA) is 95.9 Å². The van der Waals surface area contributed by atoms with Gasteiger partial charge >= 0.3 is 5.97 Å². The standard InChI is InChI=1S/C22H32N2O5/c1-3-4-23-19(26)13(2)29-20(27)18-8-17(25)12-24(18)21(28)22-9-14-5-15(10-22)7-16(6-14)11-22/h3,13-18,25H,1,4-12H2,2H3,(H,23,26). The van der Waals surface area contributed by atoms with Gasteiger partial charge in [-0.1, -0.05) is 6.08 Å². The SMILES string of the molecule is C=CCNC(=O)C(C)OC(=O)C1CC(O)CN1C(=O)C12CC3CC(CC(C3)C1)C2. The molecule has 1 aliphatic heterocycles. The summed E-state index contributed by atoms with van der Waals surface area (Å²) < 4.78 is 5.35. The van der Waals surface area contributed by atoms with E-state index in [0.29, 0.717) is 24.3 Å². The van der Waals surface area contributed by atoms with Gasteiger partial charge in [0.1, 0.15) is 6.04 Å². The Morgan fingerprint density at radius 2 is 1.76 bits per heavy atom. The van der Waals surface area contributed by atoms with Crippen LogP contribution in [0, 0.1) is 23.2 Å². The number of esters is 1. The number of aliphatic hydroxyl groups excluding tert-OH is 1. The van der Waals surface area contributed by atoms with Gasteiger partial charge in [-0.2, -0.15) is 0 Å². The van der Waals surface area contributed by atoms with E-state index in [1.165, 1.54) is 26.2 Å². The second-order valence-corrected chi connectivity index (χ2v) is 9.67. The van der Waals surface area contributed by atoms with Crippen LogP contribution in [0.5, 0.6) is 0 Å². The van der Waals surface area contributed by atoms with E-state index in [9.17, 15) is 19.5 Å². The summed E-state index contributed by atoms with van der Waals surface area (Å²) in [4.78, 5) is 40.0. The van der Waals surface area contributed by atoms with E-state index < -0.39 is 30.1 Å². The largest absolute Gasteiger partial charge is 0.451 e. The number of nitrogens with one attached hydrogen (secondary N) is 1. The van der Waals surface area contributed by atoms with Crippen LogP contribution in [0.1, 0.15) is 51.9 Å². The molecule has 2 amide bonds. The van der Waals surface area contributed by atoms with E-state index in [1.807, 2.05) is 0 Å². The summed E-state index contributed by atoms with van der Waals surface area (Å²) in [5, 5.41) is 12.8. The number of likely N-dealkylation sites (tertiary alicyclic amines) is 1. The van der Waals surface area contributed by atoms with Crippen molar-refractivity contribution < 1.29 is 24.2 Å². The lowest BCUT2D eigenvalue weighted by molar-refractivity contribution is -0.168. The van der Waals surface area contributed by atoms with Crippen LogP contribution in [0.4, 0.5) is 0 Å². The zero-order valence-corrected chi connectivity index (χ0v) is 17.1. The second kappa shape index (κ2) is 7.74. The fourth-order valence-corrected chi connectivity index (χ4v) is 6.56. The molecule has 4 saturated carbocycles. The van der Waals surface area contributed by atoms with Crippen molar-refractivity contribution in [1.82, 2.24) is 10.2 Å². The molecule has 0 aromatic heterocycles. The third-order valence-corrected chi connectivity index (χ3v) is 7.39. The second-order valence-electron chi connectivity index (χ2n) is 9.67. The number of β-amino-alcohol motifs (C(OH)–C–C–N with tert-alkyl or cyclic N) is 1. The zero-order chi connectivity index (χ0) is 20.8. The Bertz CT molecular complexity index is 670. The monoisotopic (exact) mass is 404 g/mol. The molecular formula is C22H32N2O5. The molecule has 3 unspecified atom stereocenters. The molecular weight excluding hydrogens is 372 g/mol. The van der Waals surface area contributed by atoms with Gasteiger partial charge < -0.3 is 20.1 Å². The van der Waals surface area contributed by atoms with Crippen molar-refractivity contribution >= 4 is 17.8 Å². The Morgan fingerprint density at radius 1 is 1.17 bits per heavy atom. The van der Waals surface area contributed by atoms with Crippen LogP contribution in [-0.4, -0.2) is 59.1 Å². The Hall–Kier alpha value is -1.89. The summed E-state index contributed by atoms with van der Waals surface area (Å²) in [7, 11) is 0. The van der Waals surface area contributed by atoms with Crippen LogP contribution < -0.4 is 5.32 Å². The van der Waals surface area contributed by atoms with Gasteiger partial charge in [-0.25, -0.2) is 4.79 Å². The first-order chi connectivity index (χ1) is 13.8. The molecule has 3 atom stereocenters. The van der Waals surface area contributed by atoms with Gasteiger partial charge in [0, 0.05) is 19.5 Å². The number of amides is 2. The molecule has 7 nitrogen and oxygen atoms in total. The van der Waals surface area contributed by atoms with E-state index in [-0.39, 0.29) is 24.3 Å². The Kier molecular flexibility index (Phi) is 5.44. The molecule has 2 N–H and O–H groups in total. The average molecular weight is 405 g/mol. The minimum absolute atomic E-state index is 0.0128. The highest BCUT2D eigenvalue weighted by Gasteiger charge is 2.57. The van der Waals surface area contributed by atoms with Crippen LogP contribution in [-0.2, 0) is 19.1 Å². The molecule has 0 spiro atoms. The van der Waals surface area contributed by atoms with E-state index in [4.69, 9.17) is 4.74 Å². The van der Waals surface area contributed by atoms with Gasteiger partial charge in [-0.05, 0) is 63.2 Å². The fraction of sp³-hybridized carbons (Fsp3) is 0.773. The average Bonchev–Trinajstić information content (AvgIpc) is 3.06. The molecule has 160 valence electrons. The smallest absolute Gasteiger partial charge is 0.329 e. The quantitative estimate of drug-likeness (QED) is 0.515. The summed E-state index contributed by atoms with van der Waals surface area (Å²) in [6.45, 7) is 5.50. The number of rotatable bonds is 6. The van der Waals surface area contributed by atoms with Gasteiger partial charge in [-0.15, -0.1) is 6.58 Å². The lowest BCUT2D eigenvalue weighted by Gasteiger charge is -2.56. The van der Waals surface area contributed by atoms with Crippen LogP contribution in [0.3, 0.4) is 0 Å². The fourth-order valence-electron chi connectivity index (χ4n) is 6.56. The molecule has 0 radical (unpaired) electrons. The van der Waals surface area contributed by atoms with Crippen molar-refractivity contribution in [3.63, 3.8) is 0 Å². The normalized spacial score (nSPS) is 38.6. The van der Waals surface area contributed by atoms with Gasteiger partial charge in [0.15, 0.2) is 6.10 Å². The molecule has 5 fully saturated rings. The predicted octanol–water partition coefficient (Wildman–Crippen LogP) is 1.40. The molecule has 0 aromatic rings. The highest BCUT2D eigenvalue weighted by atomic mass is 16.5. The van der Waals surface area contributed by atoms with Gasteiger partial charge in [0.25, 0.3) is 5.91 Å². The van der Waals surface area contributed by atoms with Crippen molar-refractivity contribution in [1.29, 1.82) is 0 Å². The maximum Gasteiger partial charge on any atom is 0.329 e. The first-order valence-electron chi connectivity index (χ1n) is 10.9. The molecule has 29 heavy (non-hydrogen) atoms. The van der Waals surface area contributed by atoms with Gasteiger partial charge in [0.2, 0.25) is 5.91 Å². The molecule has 0 aromatic carbocycles. The van der Waals surface area contributed by atoms with Crippen LogP contribution >= 0.6 is 0 Å². The first kappa shape index (κ1) is 20.4. The predicted molar refractivity (Wildman–Crippen MR) is 105 cm³/mol. The van der Waals surface area contributed by atoms with E-state index >= 15 is 0 Å². The molecule has 1 heterocycles. The van der Waals surface area contributed by atoms with E-state index in [2.05, 4.69) is 11.9 Å². The van der Waals surface area contributed by atoms with Crippen LogP contribution in [0.2, 0.25) is 0 Å². The number of hydrogen-bond donors (Lipinski definition) is 2. The Morgan fingerprint density at radius 3 is 2.31 bits per heavy atom. The van der Waals surface area contributed by atoms with E-state index in [0.717, 1.165) is 19.3 Å². The summed E-state index contributed by atoms with van der Waals surface area (Å²) >= 11 is 0. The van der Waals surface area contributed by atoms with E-state index in [1.54, 1.807) is 11.0 Å². The lowest BCUT2D eigenvalue weighted by Crippen LogP contribution is -2.56. The number of carbonyl (C=O) groups is 3. The molecule has 4 aliphatic carbocycles. The maximum absolute atomic E-state index is 13.6. The Labute approximate surface area is 171 Å². The highest BCUT2D eigenvalue weighted by molar-refractivity contribution is 5.90. The van der Waals surface area contributed by atoms with Crippen molar-refractivity contribution in [3.8, 4) is 0 Å². The van der Waals surface area contributed by atoms with Crippen molar-refractivity contribution in [2.45, 2.75) is 70.1 Å². The lowest BCUT2D eigenvalue weighted by atomic mass is 9.49. The minimum atomic E-state index is -0.961. The number of hydrogen-bond acceptors (Lipinski definition) is 5. The minimum Gasteiger partial charge on any atom is -0.451 e. The molecule has 7 heteroatoms. The Balaban J connectivity index is 1.45. The zero-order valence-electron chi connectivity index (χ0n) is 17.1. The van der Waals surface area contributed by atoms with Crippen molar-refractivity contribution in [3.05, 3.63) is 12.7 Å². The highest BCUT2D eigenvalue weighted by Crippen LogP contribution is 2.60. The van der Waals surface area contributed by atoms with Crippen LogP contribution in [0.15, 0.2) is 12.7 Å². The van der Waals surface area contributed by atoms with Gasteiger partial charge in [0.05, 0.1) is 11.5 Å². The number of ether oxygens (including phenoxy) is 1. The van der Waals surface area contributed by atoms with Crippen molar-refractivity contribution in [2.75, 3.05) is 13.1 Å². The molecule has 5 aliphatic rings. The maximum atomic E-state index is 13.6. The number of aliphatic hydroxyl groups is 1. The third kappa shape index (κ3) is 3.81.